The van der Waals surface area contributed by atoms with E-state index in [9.17, 15) is 25.3 Å². The lowest BCUT2D eigenvalue weighted by molar-refractivity contribution is 0.407. The van der Waals surface area contributed by atoms with Gasteiger partial charge in [-0.25, -0.2) is 29.9 Å². The molecule has 12 heterocycles. The first kappa shape index (κ1) is 48.3. The topological polar surface area (TPSA) is 463 Å². The second kappa shape index (κ2) is 48.5. The van der Waals surface area contributed by atoms with E-state index in [2.05, 4.69) is 89.7 Å². The molecule has 0 aliphatic heterocycles. The Morgan fingerprint density at radius 1 is 0.243 bits per heavy atom. The van der Waals surface area contributed by atoms with Crippen LogP contribution in [0.1, 0.15) is 196 Å². The van der Waals surface area contributed by atoms with E-state index in [1.807, 2.05) is 0 Å². The number of nitrogens with one attached hydrogen (secondary N) is 6. The number of imidazole rings is 6. The SMILES string of the molecule is [2H]c1nc(C([2H])([2H])S(=O)c2nc3ccc(OC([2H])([2H])[2H])cc3[nH]2)c(C([2H])([2H])[2H])c(OC([2H])([2H])[2H])c1C([2H])([2H])[2H].[2H]c1nc(C([2H])([2H])S(=O)c2nc3ccc(OC([2H])([2H])[2H])cc3[nH]2)c(C([2H])([2H])[2H])c(OC)c1C([2H])([2H])[2H].[2H]c1nc(C([2H])([2H])S(=O)c2nc3ccc(OC)cc3[nH]2)c(C([2H])([2H])[2H])c(OC([2H])([2H])[2H])c1C([2H])([2H])[2H].[2H]c1nc(CS(=O)c2nc3ccc(OC([2H])([2H])[2H])cc3[nH]2)c(C([2H])([2H])[2H])c(OC([2H])([2H])[2H])c1C([2H])([2H])[2H].[2H]c1nc(CS(=O)c2nc3ccc(OC([2H])([2H])[2H])cc3[nH]2)c(C([2H])([2H])[2H])c(OC)c1C([2H])([2H])[2H].[2H]c1nc(CS(=O)c2nc3ccc(OC)cc3[nH]2)c(C([2H])([2H])[2H])c(OC)c1C([2H])([2H])[2H]. The molecule has 756 valence electrons. The average Bonchev–Trinajstić information content (AvgIpc) is 1.68. The van der Waals surface area contributed by atoms with Gasteiger partial charge in [-0.1, -0.05) is 0 Å². The predicted molar refractivity (Wildman–Crippen MR) is 558 cm³/mol. The van der Waals surface area contributed by atoms with Crippen molar-refractivity contribution in [1.82, 2.24) is 89.7 Å². The van der Waals surface area contributed by atoms with Crippen LogP contribution in [0.4, 0.5) is 0 Å². The molecule has 0 radical (unpaired) electrons. The van der Waals surface area contributed by atoms with Gasteiger partial charge in [0.25, 0.3) is 0 Å². The monoisotopic (exact) mass is 2140 g/mol. The van der Waals surface area contributed by atoms with Crippen molar-refractivity contribution in [1.29, 1.82) is 0 Å². The molecule has 0 aliphatic carbocycles. The molecular weight excluding hydrogens is 1960 g/mol. The Labute approximate surface area is 944 Å². The minimum absolute atomic E-state index is 0.0228. The number of rotatable bonds is 30. The predicted octanol–water partition coefficient (Wildman–Crippen LogP) is 17.4. The zero-order valence-electron chi connectivity index (χ0n) is 143. The summed E-state index contributed by atoms with van der Waals surface area (Å²) in [4.78, 5) is 62.8. The number of aromatic amines is 6. The van der Waals surface area contributed by atoms with Crippen molar-refractivity contribution in [2.75, 3.05) is 84.8 Å². The number of benzene rings is 6. The van der Waals surface area contributed by atoms with Crippen molar-refractivity contribution in [2.45, 2.75) is 148 Å². The molecule has 18 rings (SSSR count). The zero-order valence-corrected chi connectivity index (χ0v) is 78.6. The Bertz CT molecular complexity index is 10900. The van der Waals surface area contributed by atoms with Crippen LogP contribution in [-0.4, -0.2) is 200 Å². The quantitative estimate of drug-likeness (QED) is 0.0243. The summed E-state index contributed by atoms with van der Waals surface area (Å²) < 4.78 is 669. The lowest BCUT2D eigenvalue weighted by atomic mass is 10.1. The highest BCUT2D eigenvalue weighted by atomic mass is 32.2. The summed E-state index contributed by atoms with van der Waals surface area (Å²) in [5.74, 6) is -6.22. The van der Waals surface area contributed by atoms with E-state index in [0.29, 0.717) is 39.1 Å². The minimum atomic E-state index is -3.44. The molecule has 0 amide bonds. The number of hydrogen-bond acceptors (Lipinski definition) is 30. The molecular formula is C102H114N18O18S6. The Morgan fingerprint density at radius 2 is 0.431 bits per heavy atom. The van der Waals surface area contributed by atoms with E-state index in [-0.39, 0.29) is 88.5 Å². The van der Waals surface area contributed by atoms with Gasteiger partial charge in [0.2, 0.25) is 0 Å². The van der Waals surface area contributed by atoms with Crippen molar-refractivity contribution in [2.24, 2.45) is 0 Å². The van der Waals surface area contributed by atoms with Crippen LogP contribution in [0.25, 0.3) is 66.2 Å². The van der Waals surface area contributed by atoms with E-state index in [0.717, 1.165) is 21.3 Å². The number of H-pyrrole nitrogens is 6. The van der Waals surface area contributed by atoms with Gasteiger partial charge in [-0.15, -0.1) is 0 Å². The number of pyridine rings is 6. The smallest absolute Gasteiger partial charge is 0.197 e. The first-order chi connectivity index (χ1) is 96.5. The van der Waals surface area contributed by atoms with Crippen LogP contribution in [0.2, 0.25) is 0 Å². The lowest BCUT2D eigenvalue weighted by Crippen LogP contribution is -2.05. The molecule has 0 spiro atoms. The minimum Gasteiger partial charge on any atom is -0.497 e. The standard InChI is InChI=1S/6C17H19N3O3S/c6*1-10-8-18-15(11(2)16(10)23-4)9-24(21)17-19-13-6-5-12(22-3)7-14(13)20-17/h6*5-8H,9H2,1-4H3,(H,19,20)/i1D3,2D3,3D3,4D3,8D,9D2;1D3,2D3,4D3,8D,9D2;1D3,2D3,3D3,8D,9D2;1D3,2D3,3D3,4D3,8D;1D3,2D3,3D3,8D;1D3,2D3,8D. The van der Waals surface area contributed by atoms with Gasteiger partial charge in [-0.3, -0.25) is 55.2 Å². The summed E-state index contributed by atoms with van der Waals surface area (Å²) in [6.45, 7) is -37.2. The van der Waals surface area contributed by atoms with Crippen LogP contribution in [0.15, 0.2) is 177 Å². The number of aromatic nitrogens is 18. The molecule has 42 heteroatoms. The molecule has 18 aromatic rings. The highest BCUT2D eigenvalue weighted by Crippen LogP contribution is 2.36. The normalized spacial score (nSPS) is 21.4. The van der Waals surface area contributed by atoms with Gasteiger partial charge in [-0.05, 0) is 155 Å². The number of ether oxygens (including phenoxy) is 12. The highest BCUT2D eigenvalue weighted by Gasteiger charge is 2.25. The van der Waals surface area contributed by atoms with E-state index >= 15 is 0 Å². The van der Waals surface area contributed by atoms with Crippen molar-refractivity contribution >= 4 is 131 Å². The largest absolute Gasteiger partial charge is 0.497 e. The molecule has 0 saturated heterocycles. The number of fused-ring (bicyclic) bond motifs is 6. The van der Waals surface area contributed by atoms with E-state index in [1.54, 1.807) is 24.3 Å². The van der Waals surface area contributed by atoms with Crippen LogP contribution in [0.3, 0.4) is 0 Å². The average molecular weight is 2140 g/mol. The summed E-state index contributed by atoms with van der Waals surface area (Å²) in [7, 11) is -29.4. The van der Waals surface area contributed by atoms with Crippen LogP contribution in [0.5, 0.6) is 69.0 Å². The van der Waals surface area contributed by atoms with Gasteiger partial charge in [-0.2, -0.15) is 0 Å². The highest BCUT2D eigenvalue weighted by molar-refractivity contribution is 7.85. The molecule has 6 unspecified atom stereocenters. The van der Waals surface area contributed by atoms with Gasteiger partial charge in [0.05, 0.1) is 321 Å². The second-order valence-corrected chi connectivity index (χ2v) is 35.3. The molecule has 0 bridgehead atoms. The lowest BCUT2D eigenvalue weighted by Gasteiger charge is -2.11. The van der Waals surface area contributed by atoms with E-state index in [4.69, 9.17) is 151 Å². The van der Waals surface area contributed by atoms with Crippen LogP contribution in [-0.2, 0) is 99.2 Å². The van der Waals surface area contributed by atoms with E-state index in [1.165, 1.54) is 99.1 Å². The number of nitrogens with zero attached hydrogens (tertiary/aromatic N) is 12. The van der Waals surface area contributed by atoms with E-state index < -0.39 is 407 Å². The Balaban J connectivity index is 0.000000204. The molecule has 0 fully saturated rings. The molecule has 36 nitrogen and oxygen atoms in total. The third-order valence-electron chi connectivity index (χ3n) is 19.0. The van der Waals surface area contributed by atoms with Gasteiger partial charge < -0.3 is 86.7 Å². The molecule has 6 N–H and O–H groups in total. The van der Waals surface area contributed by atoms with Gasteiger partial charge in [0, 0.05) is 198 Å². The summed E-state index contributed by atoms with van der Waals surface area (Å²) in [5, 5.41) is -1.61. The fraction of sp³-hybridized carbons (Fsp3) is 0.294. The molecule has 0 saturated carbocycles. The Morgan fingerprint density at radius 3 is 0.618 bits per heavy atom. The Kier molecular flexibility index (Phi) is 16.3. The molecule has 144 heavy (non-hydrogen) atoms. The zero-order chi connectivity index (χ0) is 162. The molecule has 0 aliphatic rings. The molecule has 6 aromatic carbocycles. The second-order valence-electron chi connectivity index (χ2n) is 27.8. The molecule has 6 atom stereocenters. The number of hydrogen-bond donors (Lipinski definition) is 6. The van der Waals surface area contributed by atoms with Gasteiger partial charge >= 0.3 is 0 Å². The summed E-state index contributed by atoms with van der Waals surface area (Å²) >= 11 is 0. The third kappa shape index (κ3) is 25.0. The van der Waals surface area contributed by atoms with Crippen LogP contribution >= 0.6 is 0 Å². The Hall–Kier alpha value is -14.5. The fourth-order valence-corrected chi connectivity index (χ4v) is 17.6. The van der Waals surface area contributed by atoms with Gasteiger partial charge in [0.15, 0.2) is 30.9 Å². The summed E-state index contributed by atoms with van der Waals surface area (Å²) in [6.07, 6.45) is -5.68. The first-order valence-corrected chi connectivity index (χ1v) is 46.6. The van der Waals surface area contributed by atoms with Crippen molar-refractivity contribution in [3.63, 3.8) is 0 Å². The summed E-state index contributed by atoms with van der Waals surface area (Å²) in [6, 6.07) is 25.4. The number of methoxy groups -OCH3 is 12. The van der Waals surface area contributed by atoms with Crippen LogP contribution in [0, 0.1) is 82.2 Å². The maximum Gasteiger partial charge on any atom is 0.197 e. The third-order valence-corrected chi connectivity index (χ3v) is 25.3. The first-order valence-electron chi connectivity index (χ1n) is 73.7. The van der Waals surface area contributed by atoms with Crippen LogP contribution < -0.4 is 56.8 Å². The van der Waals surface area contributed by atoms with Gasteiger partial charge in [0.1, 0.15) is 69.0 Å². The van der Waals surface area contributed by atoms with Crippen molar-refractivity contribution < 1.29 is 177 Å². The maximum absolute atomic E-state index is 13.4. The maximum atomic E-state index is 13.4. The fourth-order valence-electron chi connectivity index (χ4n) is 12.1. The van der Waals surface area contributed by atoms with Crippen molar-refractivity contribution in [3.05, 3.63) is 247 Å². The summed E-state index contributed by atoms with van der Waals surface area (Å²) in [5.41, 5.74) is -21.3. The van der Waals surface area contributed by atoms with Crippen molar-refractivity contribution in [3.8, 4) is 69.0 Å². The molecule has 12 aromatic heterocycles.